The van der Waals surface area contributed by atoms with E-state index < -0.39 is 0 Å². The number of thioether (sulfide) groups is 1. The molecule has 0 fully saturated rings. The van der Waals surface area contributed by atoms with Crippen molar-refractivity contribution in [2.45, 2.75) is 18.1 Å². The van der Waals surface area contributed by atoms with E-state index in [1.165, 1.54) is 17.3 Å². The molecule has 0 radical (unpaired) electrons. The highest BCUT2D eigenvalue weighted by atomic mass is 32.2. The standard InChI is InChI=1S/C19H21N5O2S/c1-26-17-9-7-16(8-10-17)13-24-19(21-22-23-24)27-14-18(25)20-12-11-15-5-3-2-4-6-15/h2-10H,11-14H2,1H3,(H,20,25). The van der Waals surface area contributed by atoms with Gasteiger partial charge in [-0.1, -0.05) is 54.2 Å². The van der Waals surface area contributed by atoms with Gasteiger partial charge in [-0.05, 0) is 40.1 Å². The smallest absolute Gasteiger partial charge is 0.230 e. The van der Waals surface area contributed by atoms with Gasteiger partial charge >= 0.3 is 0 Å². The van der Waals surface area contributed by atoms with Crippen LogP contribution in [0.2, 0.25) is 0 Å². The second-order valence-corrected chi connectivity index (χ2v) is 6.78. The Bertz CT molecular complexity index is 852. The molecule has 8 heteroatoms. The minimum Gasteiger partial charge on any atom is -0.497 e. The molecule has 1 amide bonds. The van der Waals surface area contributed by atoms with Crippen LogP contribution < -0.4 is 10.1 Å². The number of hydrogen-bond acceptors (Lipinski definition) is 6. The highest BCUT2D eigenvalue weighted by Gasteiger charge is 2.10. The Morgan fingerprint density at radius 1 is 1.11 bits per heavy atom. The number of tetrazole rings is 1. The molecule has 0 saturated carbocycles. The highest BCUT2D eigenvalue weighted by Crippen LogP contribution is 2.16. The van der Waals surface area contributed by atoms with Gasteiger partial charge in [0.1, 0.15) is 5.75 Å². The number of amides is 1. The molecular formula is C19H21N5O2S. The molecule has 0 atom stereocenters. The number of ether oxygens (including phenoxy) is 1. The summed E-state index contributed by atoms with van der Waals surface area (Å²) in [5.41, 5.74) is 2.26. The number of rotatable bonds is 9. The lowest BCUT2D eigenvalue weighted by atomic mass is 10.1. The molecule has 2 aromatic carbocycles. The van der Waals surface area contributed by atoms with E-state index in [0.717, 1.165) is 17.7 Å². The minimum absolute atomic E-state index is 0.0325. The van der Waals surface area contributed by atoms with Gasteiger partial charge in [0.15, 0.2) is 0 Å². The molecule has 0 saturated heterocycles. The minimum atomic E-state index is -0.0325. The molecule has 0 aliphatic heterocycles. The first-order valence-corrected chi connectivity index (χ1v) is 9.55. The summed E-state index contributed by atoms with van der Waals surface area (Å²) >= 11 is 1.33. The fourth-order valence-corrected chi connectivity index (χ4v) is 3.18. The van der Waals surface area contributed by atoms with E-state index in [2.05, 4.69) is 20.8 Å². The van der Waals surface area contributed by atoms with Gasteiger partial charge in [0.25, 0.3) is 0 Å². The van der Waals surface area contributed by atoms with Crippen LogP contribution in [0.3, 0.4) is 0 Å². The second-order valence-electron chi connectivity index (χ2n) is 5.84. The number of carbonyl (C=O) groups excluding carboxylic acids is 1. The normalized spacial score (nSPS) is 10.6. The van der Waals surface area contributed by atoms with E-state index >= 15 is 0 Å². The Kier molecular flexibility index (Phi) is 6.81. The maximum Gasteiger partial charge on any atom is 0.230 e. The molecule has 1 aromatic heterocycles. The van der Waals surface area contributed by atoms with E-state index in [-0.39, 0.29) is 11.7 Å². The van der Waals surface area contributed by atoms with Crippen molar-refractivity contribution in [3.63, 3.8) is 0 Å². The van der Waals surface area contributed by atoms with Gasteiger partial charge in [-0.25, -0.2) is 4.68 Å². The quantitative estimate of drug-likeness (QED) is 0.571. The fraction of sp³-hybridized carbons (Fsp3) is 0.263. The topological polar surface area (TPSA) is 81.9 Å². The van der Waals surface area contributed by atoms with Gasteiger partial charge in [0.2, 0.25) is 11.1 Å². The van der Waals surface area contributed by atoms with E-state index in [1.807, 2.05) is 54.6 Å². The van der Waals surface area contributed by atoms with Gasteiger partial charge in [-0.15, -0.1) is 5.10 Å². The molecule has 0 aliphatic carbocycles. The summed E-state index contributed by atoms with van der Waals surface area (Å²) < 4.78 is 6.84. The predicted molar refractivity (Wildman–Crippen MR) is 104 cm³/mol. The van der Waals surface area contributed by atoms with Crippen molar-refractivity contribution < 1.29 is 9.53 Å². The first-order valence-electron chi connectivity index (χ1n) is 8.57. The van der Waals surface area contributed by atoms with Gasteiger partial charge in [0.05, 0.1) is 19.4 Å². The average molecular weight is 383 g/mol. The van der Waals surface area contributed by atoms with Crippen molar-refractivity contribution in [3.8, 4) is 5.75 Å². The molecule has 0 unspecified atom stereocenters. The van der Waals surface area contributed by atoms with Gasteiger partial charge in [0, 0.05) is 6.54 Å². The molecule has 7 nitrogen and oxygen atoms in total. The Labute approximate surface area is 162 Å². The first kappa shape index (κ1) is 18.9. The number of methoxy groups -OCH3 is 1. The monoisotopic (exact) mass is 383 g/mol. The molecule has 27 heavy (non-hydrogen) atoms. The lowest BCUT2D eigenvalue weighted by Crippen LogP contribution is -2.27. The summed E-state index contributed by atoms with van der Waals surface area (Å²) in [6, 6.07) is 17.8. The van der Waals surface area contributed by atoms with Crippen LogP contribution in [0.4, 0.5) is 0 Å². The Morgan fingerprint density at radius 2 is 1.89 bits per heavy atom. The van der Waals surface area contributed by atoms with Crippen LogP contribution in [0.25, 0.3) is 0 Å². The third-order valence-electron chi connectivity index (χ3n) is 3.90. The summed E-state index contributed by atoms with van der Waals surface area (Å²) in [4.78, 5) is 12.0. The number of nitrogens with zero attached hydrogens (tertiary/aromatic N) is 4. The Balaban J connectivity index is 1.45. The van der Waals surface area contributed by atoms with Crippen LogP contribution in [0.1, 0.15) is 11.1 Å². The number of carbonyl (C=O) groups is 1. The van der Waals surface area contributed by atoms with Crippen LogP contribution in [0, 0.1) is 0 Å². The van der Waals surface area contributed by atoms with Crippen molar-refractivity contribution in [2.24, 2.45) is 0 Å². The number of aromatic nitrogens is 4. The zero-order chi connectivity index (χ0) is 18.9. The van der Waals surface area contributed by atoms with Crippen molar-refractivity contribution >= 4 is 17.7 Å². The molecule has 0 aliphatic rings. The number of nitrogens with one attached hydrogen (secondary N) is 1. The van der Waals surface area contributed by atoms with Gasteiger partial charge < -0.3 is 10.1 Å². The van der Waals surface area contributed by atoms with E-state index in [4.69, 9.17) is 4.74 Å². The highest BCUT2D eigenvalue weighted by molar-refractivity contribution is 7.99. The maximum atomic E-state index is 12.0. The average Bonchev–Trinajstić information content (AvgIpc) is 3.15. The van der Waals surface area contributed by atoms with Crippen molar-refractivity contribution in [2.75, 3.05) is 19.4 Å². The zero-order valence-electron chi connectivity index (χ0n) is 15.0. The predicted octanol–water partition coefficient (Wildman–Crippen LogP) is 2.18. The summed E-state index contributed by atoms with van der Waals surface area (Å²) in [7, 11) is 1.63. The van der Waals surface area contributed by atoms with Gasteiger partial charge in [-0.2, -0.15) is 0 Å². The van der Waals surface area contributed by atoms with Crippen molar-refractivity contribution in [3.05, 3.63) is 65.7 Å². The summed E-state index contributed by atoms with van der Waals surface area (Å²) in [5.74, 6) is 1.05. The maximum absolute atomic E-state index is 12.0. The molecule has 1 N–H and O–H groups in total. The number of hydrogen-bond donors (Lipinski definition) is 1. The molecule has 0 spiro atoms. The summed E-state index contributed by atoms with van der Waals surface area (Å²) in [5, 5.41) is 15.3. The first-order chi connectivity index (χ1) is 13.2. The SMILES string of the molecule is COc1ccc(Cn2nnnc2SCC(=O)NCCc2ccccc2)cc1. The van der Waals surface area contributed by atoms with E-state index in [1.54, 1.807) is 11.8 Å². The zero-order valence-corrected chi connectivity index (χ0v) is 15.9. The van der Waals surface area contributed by atoms with Crippen molar-refractivity contribution in [1.29, 1.82) is 0 Å². The third kappa shape index (κ3) is 5.82. The number of benzene rings is 2. The van der Waals surface area contributed by atoms with Crippen molar-refractivity contribution in [1.82, 2.24) is 25.5 Å². The molecule has 0 bridgehead atoms. The lowest BCUT2D eigenvalue weighted by Gasteiger charge is -2.07. The lowest BCUT2D eigenvalue weighted by molar-refractivity contribution is -0.118. The molecule has 140 valence electrons. The van der Waals surface area contributed by atoms with Crippen LogP contribution in [0.15, 0.2) is 59.8 Å². The largest absolute Gasteiger partial charge is 0.497 e. The van der Waals surface area contributed by atoms with Gasteiger partial charge in [-0.3, -0.25) is 4.79 Å². The molecule has 3 rings (SSSR count). The molecule has 1 heterocycles. The fourth-order valence-electron chi connectivity index (χ4n) is 2.47. The summed E-state index contributed by atoms with van der Waals surface area (Å²) in [6.45, 7) is 1.15. The van der Waals surface area contributed by atoms with Crippen LogP contribution in [-0.4, -0.2) is 45.5 Å². The third-order valence-corrected chi connectivity index (χ3v) is 4.86. The summed E-state index contributed by atoms with van der Waals surface area (Å²) in [6.07, 6.45) is 0.812. The molecule has 3 aromatic rings. The van der Waals surface area contributed by atoms with E-state index in [9.17, 15) is 4.79 Å². The van der Waals surface area contributed by atoms with E-state index in [0.29, 0.717) is 18.2 Å². The Morgan fingerprint density at radius 3 is 2.63 bits per heavy atom. The van der Waals surface area contributed by atoms with Crippen LogP contribution >= 0.6 is 11.8 Å². The van der Waals surface area contributed by atoms with Crippen LogP contribution in [-0.2, 0) is 17.8 Å². The molecular weight excluding hydrogens is 362 g/mol. The second kappa shape index (κ2) is 9.72. The van der Waals surface area contributed by atoms with Crippen LogP contribution in [0.5, 0.6) is 5.75 Å². The Hall–Kier alpha value is -2.87.